The summed E-state index contributed by atoms with van der Waals surface area (Å²) < 4.78 is 0. The van der Waals surface area contributed by atoms with Crippen molar-refractivity contribution in [3.63, 3.8) is 0 Å². The van der Waals surface area contributed by atoms with Crippen LogP contribution in [0.25, 0.3) is 0 Å². The third-order valence-electron chi connectivity index (χ3n) is 4.07. The molecule has 3 nitrogen and oxygen atoms in total. The highest BCUT2D eigenvalue weighted by atomic mass is 32.2. The summed E-state index contributed by atoms with van der Waals surface area (Å²) in [7, 11) is 0. The number of nitrogens with one attached hydrogen (secondary N) is 2. The van der Waals surface area contributed by atoms with Gasteiger partial charge in [0.2, 0.25) is 5.91 Å². The molecule has 0 radical (unpaired) electrons. The van der Waals surface area contributed by atoms with E-state index in [1.807, 2.05) is 24.3 Å². The number of hydrogen-bond acceptors (Lipinski definition) is 3. The van der Waals surface area contributed by atoms with E-state index in [2.05, 4.69) is 23.8 Å². The van der Waals surface area contributed by atoms with Gasteiger partial charge in [-0.25, -0.2) is 0 Å². The molecule has 0 unspecified atom stereocenters. The van der Waals surface area contributed by atoms with Crippen LogP contribution in [0.3, 0.4) is 0 Å². The standard InChI is InChI=1S/C15H22N2OS/c1-3-15(8-10-16-11-9-15)14(18)17-12-4-6-13(19-2)7-5-12/h4-7,16H,3,8-11H2,1-2H3,(H,17,18). The lowest BCUT2D eigenvalue weighted by molar-refractivity contribution is -0.127. The van der Waals surface area contributed by atoms with Crippen LogP contribution in [0.1, 0.15) is 26.2 Å². The number of amides is 1. The Kier molecular flexibility index (Phi) is 4.88. The Morgan fingerprint density at radius 1 is 1.32 bits per heavy atom. The molecular weight excluding hydrogens is 256 g/mol. The molecule has 19 heavy (non-hydrogen) atoms. The van der Waals surface area contributed by atoms with E-state index in [9.17, 15) is 4.79 Å². The molecule has 0 atom stereocenters. The number of thioether (sulfide) groups is 1. The van der Waals surface area contributed by atoms with Gasteiger partial charge in [-0.2, -0.15) is 0 Å². The Hall–Kier alpha value is -1.00. The maximum absolute atomic E-state index is 12.5. The molecule has 1 saturated heterocycles. The Balaban J connectivity index is 2.05. The average molecular weight is 278 g/mol. The first-order chi connectivity index (χ1) is 9.20. The molecule has 2 rings (SSSR count). The third kappa shape index (κ3) is 3.31. The highest BCUT2D eigenvalue weighted by Gasteiger charge is 2.37. The third-order valence-corrected chi connectivity index (χ3v) is 4.81. The minimum absolute atomic E-state index is 0.174. The highest BCUT2D eigenvalue weighted by Crippen LogP contribution is 2.34. The number of anilines is 1. The molecule has 1 aromatic rings. The first-order valence-electron chi connectivity index (χ1n) is 6.86. The molecule has 0 bridgehead atoms. The molecule has 104 valence electrons. The summed E-state index contributed by atoms with van der Waals surface area (Å²) >= 11 is 1.71. The molecule has 1 heterocycles. The van der Waals surface area contributed by atoms with Gasteiger partial charge in [0.15, 0.2) is 0 Å². The molecule has 1 fully saturated rings. The summed E-state index contributed by atoms with van der Waals surface area (Å²) in [5, 5.41) is 6.40. The summed E-state index contributed by atoms with van der Waals surface area (Å²) in [4.78, 5) is 13.7. The molecule has 1 aromatic carbocycles. The number of rotatable bonds is 4. The van der Waals surface area contributed by atoms with Gasteiger partial charge in [0, 0.05) is 10.6 Å². The Morgan fingerprint density at radius 3 is 2.47 bits per heavy atom. The summed E-state index contributed by atoms with van der Waals surface area (Å²) in [5.41, 5.74) is 0.706. The van der Waals surface area contributed by atoms with Crippen LogP contribution in [0.15, 0.2) is 29.2 Å². The van der Waals surface area contributed by atoms with Crippen LogP contribution < -0.4 is 10.6 Å². The van der Waals surface area contributed by atoms with Gasteiger partial charge >= 0.3 is 0 Å². The van der Waals surface area contributed by atoms with Crippen molar-refractivity contribution in [2.45, 2.75) is 31.1 Å². The van der Waals surface area contributed by atoms with E-state index < -0.39 is 0 Å². The zero-order chi connectivity index (χ0) is 13.7. The number of carbonyl (C=O) groups is 1. The lowest BCUT2D eigenvalue weighted by Gasteiger charge is -2.35. The summed E-state index contributed by atoms with van der Waals surface area (Å²) in [6.07, 6.45) is 4.81. The van der Waals surface area contributed by atoms with Gasteiger partial charge in [0.05, 0.1) is 5.41 Å². The van der Waals surface area contributed by atoms with Crippen LogP contribution in [0.2, 0.25) is 0 Å². The van der Waals surface area contributed by atoms with Gasteiger partial charge in [-0.1, -0.05) is 6.92 Å². The molecule has 1 aliphatic rings. The normalized spacial score (nSPS) is 18.0. The van der Waals surface area contributed by atoms with E-state index in [0.29, 0.717) is 0 Å². The average Bonchev–Trinajstić information content (AvgIpc) is 2.48. The minimum atomic E-state index is -0.191. The largest absolute Gasteiger partial charge is 0.326 e. The topological polar surface area (TPSA) is 41.1 Å². The Labute approximate surface area is 119 Å². The zero-order valence-electron chi connectivity index (χ0n) is 11.7. The van der Waals surface area contributed by atoms with Crippen LogP contribution in [0, 0.1) is 5.41 Å². The number of hydrogen-bond donors (Lipinski definition) is 2. The fourth-order valence-electron chi connectivity index (χ4n) is 2.58. The fourth-order valence-corrected chi connectivity index (χ4v) is 2.99. The van der Waals surface area contributed by atoms with Crippen molar-refractivity contribution >= 4 is 23.4 Å². The van der Waals surface area contributed by atoms with E-state index in [-0.39, 0.29) is 11.3 Å². The minimum Gasteiger partial charge on any atom is -0.326 e. The fraction of sp³-hybridized carbons (Fsp3) is 0.533. The second kappa shape index (κ2) is 6.44. The summed E-state index contributed by atoms with van der Waals surface area (Å²) in [6, 6.07) is 8.05. The van der Waals surface area contributed by atoms with E-state index in [4.69, 9.17) is 0 Å². The first-order valence-corrected chi connectivity index (χ1v) is 8.09. The van der Waals surface area contributed by atoms with Gasteiger partial charge in [0.1, 0.15) is 0 Å². The zero-order valence-corrected chi connectivity index (χ0v) is 12.5. The van der Waals surface area contributed by atoms with Crippen molar-refractivity contribution in [1.29, 1.82) is 0 Å². The predicted octanol–water partition coefficient (Wildman–Crippen LogP) is 3.13. The van der Waals surface area contributed by atoms with Crippen molar-refractivity contribution in [3.8, 4) is 0 Å². The van der Waals surface area contributed by atoms with Gasteiger partial charge in [-0.05, 0) is 62.9 Å². The Morgan fingerprint density at radius 2 is 1.95 bits per heavy atom. The maximum Gasteiger partial charge on any atom is 0.230 e. The second-order valence-corrected chi connectivity index (χ2v) is 5.95. The summed E-state index contributed by atoms with van der Waals surface area (Å²) in [5.74, 6) is 0.174. The van der Waals surface area contributed by atoms with Crippen molar-refractivity contribution in [3.05, 3.63) is 24.3 Å². The van der Waals surface area contributed by atoms with Crippen molar-refractivity contribution in [1.82, 2.24) is 5.32 Å². The van der Waals surface area contributed by atoms with Gasteiger partial charge in [-0.15, -0.1) is 11.8 Å². The first kappa shape index (κ1) is 14.4. The van der Waals surface area contributed by atoms with Crippen molar-refractivity contribution in [2.75, 3.05) is 24.7 Å². The van der Waals surface area contributed by atoms with Crippen molar-refractivity contribution in [2.24, 2.45) is 5.41 Å². The quantitative estimate of drug-likeness (QED) is 0.831. The van der Waals surface area contributed by atoms with Crippen LogP contribution in [-0.2, 0) is 4.79 Å². The van der Waals surface area contributed by atoms with Crippen molar-refractivity contribution < 1.29 is 4.79 Å². The van der Waals surface area contributed by atoms with Crippen LogP contribution >= 0.6 is 11.8 Å². The molecule has 1 amide bonds. The molecule has 0 aliphatic carbocycles. The lowest BCUT2D eigenvalue weighted by Crippen LogP contribution is -2.44. The van der Waals surface area contributed by atoms with E-state index in [0.717, 1.165) is 38.0 Å². The number of piperidine rings is 1. The van der Waals surface area contributed by atoms with Gasteiger partial charge < -0.3 is 10.6 Å². The molecule has 4 heteroatoms. The molecule has 0 aromatic heterocycles. The van der Waals surface area contributed by atoms with E-state index in [1.165, 1.54) is 4.90 Å². The van der Waals surface area contributed by atoms with Crippen LogP contribution in [0.4, 0.5) is 5.69 Å². The van der Waals surface area contributed by atoms with Crippen LogP contribution in [0.5, 0.6) is 0 Å². The molecular formula is C15H22N2OS. The predicted molar refractivity (Wildman–Crippen MR) is 81.7 cm³/mol. The smallest absolute Gasteiger partial charge is 0.230 e. The lowest BCUT2D eigenvalue weighted by atomic mass is 9.76. The maximum atomic E-state index is 12.5. The molecule has 2 N–H and O–H groups in total. The number of benzene rings is 1. The molecule has 0 saturated carbocycles. The van der Waals surface area contributed by atoms with E-state index >= 15 is 0 Å². The van der Waals surface area contributed by atoms with Gasteiger partial charge in [0.25, 0.3) is 0 Å². The van der Waals surface area contributed by atoms with Crippen LogP contribution in [-0.4, -0.2) is 25.3 Å². The highest BCUT2D eigenvalue weighted by molar-refractivity contribution is 7.98. The number of carbonyl (C=O) groups excluding carboxylic acids is 1. The SMILES string of the molecule is CCC1(C(=O)Nc2ccc(SC)cc2)CCNCC1. The van der Waals surface area contributed by atoms with Gasteiger partial charge in [-0.3, -0.25) is 4.79 Å². The second-order valence-electron chi connectivity index (χ2n) is 5.07. The summed E-state index contributed by atoms with van der Waals surface area (Å²) in [6.45, 7) is 3.99. The molecule has 0 spiro atoms. The molecule has 1 aliphatic heterocycles. The Bertz CT molecular complexity index is 424. The monoisotopic (exact) mass is 278 g/mol. The van der Waals surface area contributed by atoms with E-state index in [1.54, 1.807) is 11.8 Å².